The molecule has 1 unspecified atom stereocenters. The fourth-order valence-corrected chi connectivity index (χ4v) is 2.39. The van der Waals surface area contributed by atoms with E-state index in [0.717, 1.165) is 12.1 Å². The van der Waals surface area contributed by atoms with Crippen molar-refractivity contribution in [1.82, 2.24) is 5.32 Å². The summed E-state index contributed by atoms with van der Waals surface area (Å²) in [6.45, 7) is 2.11. The van der Waals surface area contributed by atoms with Crippen LogP contribution in [-0.4, -0.2) is 38.7 Å². The van der Waals surface area contributed by atoms with Gasteiger partial charge in [0.15, 0.2) is 0 Å². The summed E-state index contributed by atoms with van der Waals surface area (Å²) in [7, 11) is 1.59. The maximum absolute atomic E-state index is 12.1. The molecule has 1 aromatic rings. The molecule has 1 aliphatic heterocycles. The van der Waals surface area contributed by atoms with Crippen LogP contribution in [0.4, 0.5) is 0 Å². The number of methoxy groups -OCH3 is 1. The molecule has 1 atom stereocenters. The van der Waals surface area contributed by atoms with Gasteiger partial charge in [-0.3, -0.25) is 4.79 Å². The van der Waals surface area contributed by atoms with Crippen molar-refractivity contribution in [3.8, 4) is 5.75 Å². The van der Waals surface area contributed by atoms with Crippen LogP contribution in [0.1, 0.15) is 12.0 Å². The third-order valence-electron chi connectivity index (χ3n) is 3.10. The fraction of sp³-hybridized carbons (Fsp3) is 0.500. The molecule has 5 heteroatoms. The first kappa shape index (κ1) is 14.3. The molecule has 4 nitrogen and oxygen atoms in total. The van der Waals surface area contributed by atoms with E-state index in [4.69, 9.17) is 21.1 Å². The number of ketones is 1. The van der Waals surface area contributed by atoms with Crippen molar-refractivity contribution in [1.29, 1.82) is 0 Å². The number of carbonyl (C=O) groups excluding carboxylic acids is 1. The van der Waals surface area contributed by atoms with Crippen molar-refractivity contribution < 1.29 is 14.3 Å². The van der Waals surface area contributed by atoms with Crippen molar-refractivity contribution in [3.63, 3.8) is 0 Å². The largest absolute Gasteiger partial charge is 0.496 e. The summed E-state index contributed by atoms with van der Waals surface area (Å²) in [4.78, 5) is 12.1. The molecule has 0 spiro atoms. The average Bonchev–Trinajstić information content (AvgIpc) is 2.40. The van der Waals surface area contributed by atoms with E-state index in [0.29, 0.717) is 36.8 Å². The lowest BCUT2D eigenvalue weighted by Crippen LogP contribution is -2.42. The zero-order chi connectivity index (χ0) is 13.7. The van der Waals surface area contributed by atoms with Gasteiger partial charge in [0.2, 0.25) is 0 Å². The lowest BCUT2D eigenvalue weighted by Gasteiger charge is -2.23. The van der Waals surface area contributed by atoms with Crippen LogP contribution >= 0.6 is 11.6 Å². The van der Waals surface area contributed by atoms with Crippen molar-refractivity contribution in [2.75, 3.05) is 26.9 Å². The molecule has 19 heavy (non-hydrogen) atoms. The predicted octanol–water partition coefficient (Wildman–Crippen LogP) is 1.84. The van der Waals surface area contributed by atoms with E-state index < -0.39 is 0 Å². The minimum Gasteiger partial charge on any atom is -0.496 e. The summed E-state index contributed by atoms with van der Waals surface area (Å²) in [6.07, 6.45) is 0.803. The van der Waals surface area contributed by atoms with Gasteiger partial charge in [-0.05, 0) is 18.2 Å². The topological polar surface area (TPSA) is 47.6 Å². The molecule has 0 aliphatic carbocycles. The van der Waals surface area contributed by atoms with Gasteiger partial charge in [0.05, 0.1) is 20.3 Å². The fourth-order valence-electron chi connectivity index (χ4n) is 2.20. The van der Waals surface area contributed by atoms with E-state index in [2.05, 4.69) is 5.32 Å². The summed E-state index contributed by atoms with van der Waals surface area (Å²) in [5.74, 6) is 0.856. The Morgan fingerprint density at radius 1 is 1.58 bits per heavy atom. The van der Waals surface area contributed by atoms with Crippen LogP contribution in [0.2, 0.25) is 5.02 Å². The maximum Gasteiger partial charge on any atom is 0.139 e. The van der Waals surface area contributed by atoms with Gasteiger partial charge in [-0.15, -0.1) is 0 Å². The minimum atomic E-state index is 0.117. The number of ether oxygens (including phenoxy) is 2. The van der Waals surface area contributed by atoms with Gasteiger partial charge in [0.25, 0.3) is 0 Å². The lowest BCUT2D eigenvalue weighted by atomic mass is 10.0. The molecule has 0 bridgehead atoms. The van der Waals surface area contributed by atoms with Gasteiger partial charge < -0.3 is 14.8 Å². The quantitative estimate of drug-likeness (QED) is 0.896. The molecular formula is C14H18ClNO3. The highest BCUT2D eigenvalue weighted by Crippen LogP contribution is 2.23. The highest BCUT2D eigenvalue weighted by Gasteiger charge is 2.18. The Bertz CT molecular complexity index is 444. The van der Waals surface area contributed by atoms with Gasteiger partial charge in [-0.1, -0.05) is 11.6 Å². The molecule has 2 rings (SSSR count). The Labute approximate surface area is 118 Å². The van der Waals surface area contributed by atoms with Crippen molar-refractivity contribution in [2.45, 2.75) is 18.9 Å². The van der Waals surface area contributed by atoms with E-state index in [1.165, 1.54) is 0 Å². The highest BCUT2D eigenvalue weighted by atomic mass is 35.5. The van der Waals surface area contributed by atoms with Gasteiger partial charge in [0.1, 0.15) is 11.5 Å². The normalized spacial score (nSPS) is 19.2. The van der Waals surface area contributed by atoms with Crippen LogP contribution in [-0.2, 0) is 16.0 Å². The Hall–Kier alpha value is -1.10. The standard InChI is InChI=1S/C14H18ClNO3/c1-18-14-3-2-11(15)6-10(14)7-13(17)8-12-9-19-5-4-16-12/h2-3,6,12,16H,4-5,7-9H2,1H3. The predicted molar refractivity (Wildman–Crippen MR) is 73.9 cm³/mol. The Morgan fingerprint density at radius 2 is 2.42 bits per heavy atom. The third kappa shape index (κ3) is 4.20. The first-order valence-electron chi connectivity index (χ1n) is 6.34. The number of hydrogen-bond acceptors (Lipinski definition) is 4. The zero-order valence-corrected chi connectivity index (χ0v) is 11.7. The molecule has 0 saturated carbocycles. The number of morpholine rings is 1. The molecule has 1 saturated heterocycles. The van der Waals surface area contributed by atoms with Crippen molar-refractivity contribution in [2.24, 2.45) is 0 Å². The van der Waals surface area contributed by atoms with Crippen LogP contribution < -0.4 is 10.1 Å². The average molecular weight is 284 g/mol. The summed E-state index contributed by atoms with van der Waals surface area (Å²) in [6, 6.07) is 5.44. The molecule has 1 N–H and O–H groups in total. The Morgan fingerprint density at radius 3 is 3.11 bits per heavy atom. The zero-order valence-electron chi connectivity index (χ0n) is 10.9. The first-order valence-corrected chi connectivity index (χ1v) is 6.72. The Kier molecular flexibility index (Phi) is 5.19. The number of rotatable bonds is 5. The lowest BCUT2D eigenvalue weighted by molar-refractivity contribution is -0.119. The highest BCUT2D eigenvalue weighted by molar-refractivity contribution is 6.30. The van der Waals surface area contributed by atoms with E-state index in [1.54, 1.807) is 25.3 Å². The van der Waals surface area contributed by atoms with Gasteiger partial charge >= 0.3 is 0 Å². The number of hydrogen-bond donors (Lipinski definition) is 1. The monoisotopic (exact) mass is 283 g/mol. The van der Waals surface area contributed by atoms with Crippen molar-refractivity contribution >= 4 is 17.4 Å². The first-order chi connectivity index (χ1) is 9.19. The summed E-state index contributed by atoms with van der Waals surface area (Å²) < 4.78 is 10.6. The molecule has 1 fully saturated rings. The van der Waals surface area contributed by atoms with E-state index in [1.807, 2.05) is 0 Å². The third-order valence-corrected chi connectivity index (χ3v) is 3.34. The second kappa shape index (κ2) is 6.89. The van der Waals surface area contributed by atoms with Gasteiger partial charge in [-0.25, -0.2) is 0 Å². The molecule has 0 radical (unpaired) electrons. The smallest absolute Gasteiger partial charge is 0.139 e. The summed E-state index contributed by atoms with van der Waals surface area (Å²) >= 11 is 5.95. The summed E-state index contributed by atoms with van der Waals surface area (Å²) in [5.41, 5.74) is 0.830. The van der Waals surface area contributed by atoms with Crippen LogP contribution in [0.5, 0.6) is 5.75 Å². The number of benzene rings is 1. The number of Topliss-reactive ketones (excluding diaryl/α,β-unsaturated/α-hetero) is 1. The van der Waals surface area contributed by atoms with E-state index >= 15 is 0 Å². The summed E-state index contributed by atoms with van der Waals surface area (Å²) in [5, 5.41) is 3.89. The molecule has 104 valence electrons. The molecular weight excluding hydrogens is 266 g/mol. The van der Waals surface area contributed by atoms with Crippen LogP contribution in [0, 0.1) is 0 Å². The SMILES string of the molecule is COc1ccc(Cl)cc1CC(=O)CC1COCCN1. The van der Waals surface area contributed by atoms with Crippen LogP contribution in [0.3, 0.4) is 0 Å². The Balaban J connectivity index is 1.95. The number of halogens is 1. The second-order valence-corrected chi connectivity index (χ2v) is 5.04. The van der Waals surface area contributed by atoms with E-state index in [-0.39, 0.29) is 11.8 Å². The molecule has 1 aromatic carbocycles. The minimum absolute atomic E-state index is 0.117. The van der Waals surface area contributed by atoms with Crippen molar-refractivity contribution in [3.05, 3.63) is 28.8 Å². The number of carbonyl (C=O) groups is 1. The van der Waals surface area contributed by atoms with Gasteiger partial charge in [0, 0.05) is 36.0 Å². The molecule has 1 heterocycles. The van der Waals surface area contributed by atoms with Crippen LogP contribution in [0.15, 0.2) is 18.2 Å². The van der Waals surface area contributed by atoms with Crippen LogP contribution in [0.25, 0.3) is 0 Å². The second-order valence-electron chi connectivity index (χ2n) is 4.60. The molecule has 1 aliphatic rings. The number of nitrogens with one attached hydrogen (secondary N) is 1. The molecule has 0 amide bonds. The maximum atomic E-state index is 12.1. The van der Waals surface area contributed by atoms with Gasteiger partial charge in [-0.2, -0.15) is 0 Å². The molecule has 0 aromatic heterocycles. The van der Waals surface area contributed by atoms with E-state index in [9.17, 15) is 4.79 Å².